The minimum Gasteiger partial charge on any atom is -0.456 e. The Kier molecular flexibility index (Phi) is 8.66. The fourth-order valence-corrected chi connectivity index (χ4v) is 5.78. The largest absolute Gasteiger partial charge is 0.456 e. The van der Waals surface area contributed by atoms with Gasteiger partial charge in [0.25, 0.3) is 0 Å². The zero-order valence-electron chi connectivity index (χ0n) is 21.4. The number of fused-ring (bicyclic) bond motifs is 1. The van der Waals surface area contributed by atoms with Crippen LogP contribution in [0.15, 0.2) is 72.8 Å². The number of Topliss-reactive ketones (excluding diaryl/α,β-unsaturated/α-hetero) is 2. The topological polar surface area (TPSA) is 103 Å². The van der Waals surface area contributed by atoms with Crippen molar-refractivity contribution in [1.82, 2.24) is 9.88 Å². The van der Waals surface area contributed by atoms with Gasteiger partial charge in [-0.2, -0.15) is 0 Å². The van der Waals surface area contributed by atoms with E-state index >= 15 is 0 Å². The van der Waals surface area contributed by atoms with Gasteiger partial charge in [0.1, 0.15) is 17.7 Å². The average molecular weight is 622 g/mol. The van der Waals surface area contributed by atoms with Crippen LogP contribution in [0.3, 0.4) is 0 Å². The van der Waals surface area contributed by atoms with E-state index in [0.717, 1.165) is 26.4 Å². The molecule has 3 aromatic carbocycles. The number of hydrogen-bond acceptors (Lipinski definition) is 8. The number of alkyl halides is 1. The fourth-order valence-electron chi connectivity index (χ4n) is 4.45. The third-order valence-electron chi connectivity index (χ3n) is 6.60. The van der Waals surface area contributed by atoms with Gasteiger partial charge in [-0.3, -0.25) is 14.5 Å². The molecule has 2 heterocycles. The molecule has 0 aliphatic carbocycles. The van der Waals surface area contributed by atoms with Crippen molar-refractivity contribution in [3.8, 4) is 10.6 Å². The van der Waals surface area contributed by atoms with Gasteiger partial charge in [0.2, 0.25) is 0 Å². The molecule has 0 bridgehead atoms. The van der Waals surface area contributed by atoms with E-state index in [9.17, 15) is 19.2 Å². The van der Waals surface area contributed by atoms with Gasteiger partial charge in [0.05, 0.1) is 15.5 Å². The molecule has 4 aromatic rings. The summed E-state index contributed by atoms with van der Waals surface area (Å²) in [5.41, 5.74) is 3.49. The summed E-state index contributed by atoms with van der Waals surface area (Å²) < 4.78 is 11.5. The maximum Gasteiger partial charge on any atom is 0.410 e. The highest BCUT2D eigenvalue weighted by molar-refractivity contribution is 9.09. The highest BCUT2D eigenvalue weighted by Gasteiger charge is 2.36. The number of thiazole rings is 1. The Morgan fingerprint density at radius 3 is 2.42 bits per heavy atom. The predicted octanol–water partition coefficient (Wildman–Crippen LogP) is 6.07. The smallest absolute Gasteiger partial charge is 0.410 e. The molecular weight excluding hydrogens is 596 g/mol. The van der Waals surface area contributed by atoms with Gasteiger partial charge in [0.15, 0.2) is 18.2 Å². The molecule has 10 heteroatoms. The summed E-state index contributed by atoms with van der Waals surface area (Å²) in [4.78, 5) is 56.1. The van der Waals surface area contributed by atoms with Gasteiger partial charge in [-0.05, 0) is 36.6 Å². The normalized spacial score (nSPS) is 14.7. The zero-order chi connectivity index (χ0) is 28.1. The van der Waals surface area contributed by atoms with Crippen molar-refractivity contribution >= 4 is 61.1 Å². The molecule has 1 amide bonds. The van der Waals surface area contributed by atoms with Crippen molar-refractivity contribution in [1.29, 1.82) is 0 Å². The molecule has 1 fully saturated rings. The molecule has 0 N–H and O–H groups in total. The van der Waals surface area contributed by atoms with Gasteiger partial charge >= 0.3 is 12.1 Å². The number of esters is 1. The lowest BCUT2D eigenvalue weighted by Gasteiger charge is -2.22. The fraction of sp³-hybridized carbons (Fsp3) is 0.233. The highest BCUT2D eigenvalue weighted by Crippen LogP contribution is 2.31. The summed E-state index contributed by atoms with van der Waals surface area (Å²) in [6.07, 6.45) is 0.521. The van der Waals surface area contributed by atoms with E-state index in [4.69, 9.17) is 9.47 Å². The summed E-state index contributed by atoms with van der Waals surface area (Å²) in [5, 5.41) is 1.03. The number of ketones is 2. The number of likely N-dealkylation sites (tertiary alicyclic amines) is 1. The zero-order valence-corrected chi connectivity index (χ0v) is 23.8. The van der Waals surface area contributed by atoms with Crippen molar-refractivity contribution in [3.63, 3.8) is 0 Å². The van der Waals surface area contributed by atoms with Gasteiger partial charge in [0, 0.05) is 23.2 Å². The number of amides is 1. The Morgan fingerprint density at radius 1 is 0.925 bits per heavy atom. The number of nitrogens with zero attached hydrogens (tertiary/aromatic N) is 2. The number of hydrogen-bond donors (Lipinski definition) is 0. The SMILES string of the molecule is O=C(CBr)c1ccc(-c2nc3ccc(C(=O)COC(=O)[C@@H]4CCCN4C(=O)OCc4ccccc4)cc3s2)cc1. The molecule has 1 saturated heterocycles. The van der Waals surface area contributed by atoms with Gasteiger partial charge in [-0.25, -0.2) is 14.6 Å². The Hall–Kier alpha value is -3.89. The lowest BCUT2D eigenvalue weighted by molar-refractivity contribution is -0.147. The average Bonchev–Trinajstić information content (AvgIpc) is 3.66. The first kappa shape index (κ1) is 27.7. The molecule has 40 heavy (non-hydrogen) atoms. The maximum atomic E-state index is 12.9. The highest BCUT2D eigenvalue weighted by atomic mass is 79.9. The summed E-state index contributed by atoms with van der Waals surface area (Å²) in [6, 6.07) is 20.9. The van der Waals surface area contributed by atoms with Crippen LogP contribution in [0, 0.1) is 0 Å². The number of carbonyl (C=O) groups excluding carboxylic acids is 4. The molecule has 5 rings (SSSR count). The number of benzene rings is 3. The van der Waals surface area contributed by atoms with Crippen molar-refractivity contribution in [2.45, 2.75) is 25.5 Å². The molecule has 8 nitrogen and oxygen atoms in total. The van der Waals surface area contributed by atoms with Crippen LogP contribution in [0.25, 0.3) is 20.8 Å². The molecule has 0 radical (unpaired) electrons. The van der Waals surface area contributed by atoms with E-state index in [1.54, 1.807) is 30.3 Å². The molecule has 0 unspecified atom stereocenters. The van der Waals surface area contributed by atoms with E-state index in [1.165, 1.54) is 16.2 Å². The molecule has 0 spiro atoms. The maximum absolute atomic E-state index is 12.9. The number of ether oxygens (including phenoxy) is 2. The third-order valence-corrected chi connectivity index (χ3v) is 8.17. The van der Waals surface area contributed by atoms with Crippen molar-refractivity contribution < 1.29 is 28.7 Å². The molecule has 1 aliphatic heterocycles. The summed E-state index contributed by atoms with van der Waals surface area (Å²) in [5.74, 6) is -0.965. The molecule has 204 valence electrons. The van der Waals surface area contributed by atoms with Crippen LogP contribution in [0.2, 0.25) is 0 Å². The molecule has 1 atom stereocenters. The van der Waals surface area contributed by atoms with Crippen LogP contribution < -0.4 is 0 Å². The van der Waals surface area contributed by atoms with Crippen LogP contribution in [0.5, 0.6) is 0 Å². The lowest BCUT2D eigenvalue weighted by Crippen LogP contribution is -2.42. The summed E-state index contributed by atoms with van der Waals surface area (Å²) in [7, 11) is 0. The predicted molar refractivity (Wildman–Crippen MR) is 155 cm³/mol. The van der Waals surface area contributed by atoms with E-state index in [-0.39, 0.29) is 23.5 Å². The van der Waals surface area contributed by atoms with Crippen LogP contribution in [-0.4, -0.2) is 58.0 Å². The Bertz CT molecular complexity index is 1550. The Morgan fingerprint density at radius 2 is 1.68 bits per heavy atom. The van der Waals surface area contributed by atoms with Crippen molar-refractivity contribution in [2.24, 2.45) is 0 Å². The monoisotopic (exact) mass is 620 g/mol. The van der Waals surface area contributed by atoms with Crippen LogP contribution in [-0.2, 0) is 20.9 Å². The minimum absolute atomic E-state index is 0.00309. The molecular formula is C30H25BrN2O6S. The van der Waals surface area contributed by atoms with Gasteiger partial charge in [-0.1, -0.05) is 70.5 Å². The number of rotatable bonds is 9. The van der Waals surface area contributed by atoms with Crippen LogP contribution >= 0.6 is 27.3 Å². The van der Waals surface area contributed by atoms with Crippen LogP contribution in [0.1, 0.15) is 39.1 Å². The summed E-state index contributed by atoms with van der Waals surface area (Å²) >= 11 is 4.61. The first-order valence-electron chi connectivity index (χ1n) is 12.7. The Balaban J connectivity index is 1.18. The number of aromatic nitrogens is 1. The molecule has 1 aliphatic rings. The number of halogens is 1. The second kappa shape index (κ2) is 12.5. The molecule has 1 aromatic heterocycles. The second-order valence-corrected chi connectivity index (χ2v) is 10.8. The van der Waals surface area contributed by atoms with Crippen molar-refractivity contribution in [2.75, 3.05) is 18.5 Å². The number of carbonyl (C=O) groups is 4. The van der Waals surface area contributed by atoms with E-state index in [1.807, 2.05) is 42.5 Å². The second-order valence-electron chi connectivity index (χ2n) is 9.26. The summed E-state index contributed by atoms with van der Waals surface area (Å²) in [6.45, 7) is 0.0735. The Labute approximate surface area is 243 Å². The van der Waals surface area contributed by atoms with E-state index in [0.29, 0.717) is 30.5 Å². The molecule has 0 saturated carbocycles. The van der Waals surface area contributed by atoms with Crippen LogP contribution in [0.4, 0.5) is 4.79 Å². The first-order valence-corrected chi connectivity index (χ1v) is 14.6. The quantitative estimate of drug-likeness (QED) is 0.127. The minimum atomic E-state index is -0.779. The van der Waals surface area contributed by atoms with E-state index < -0.39 is 24.7 Å². The van der Waals surface area contributed by atoms with Crippen molar-refractivity contribution in [3.05, 3.63) is 89.5 Å². The standard InChI is InChI=1S/C30H25BrN2O6S/c31-16-25(34)20-8-10-21(11-9-20)28-32-23-13-12-22(15-27(23)40-28)26(35)18-38-29(36)24-7-4-14-33(24)30(37)39-17-19-5-2-1-3-6-19/h1-3,5-6,8-13,15,24H,4,7,14,16-18H2/t24-/m0/s1. The third kappa shape index (κ3) is 6.29. The van der Waals surface area contributed by atoms with E-state index in [2.05, 4.69) is 20.9 Å². The van der Waals surface area contributed by atoms with Gasteiger partial charge < -0.3 is 9.47 Å². The lowest BCUT2D eigenvalue weighted by atomic mass is 10.1. The first-order chi connectivity index (χ1) is 19.4. The van der Waals surface area contributed by atoms with Gasteiger partial charge in [-0.15, -0.1) is 11.3 Å².